The van der Waals surface area contributed by atoms with E-state index >= 15 is 0 Å². The summed E-state index contributed by atoms with van der Waals surface area (Å²) in [6, 6.07) is 6.98. The van der Waals surface area contributed by atoms with Crippen molar-refractivity contribution in [1.82, 2.24) is 10.2 Å². The Bertz CT molecular complexity index is 442. The van der Waals surface area contributed by atoms with Gasteiger partial charge in [0.15, 0.2) is 0 Å². The lowest BCUT2D eigenvalue weighted by Crippen LogP contribution is -2.38. The van der Waals surface area contributed by atoms with E-state index in [1.165, 1.54) is 12.8 Å². The lowest BCUT2D eigenvalue weighted by atomic mass is 9.97. The first-order valence-electron chi connectivity index (χ1n) is 7.52. The average molecular weight is 298 g/mol. The smallest absolute Gasteiger partial charge is 0.387 e. The molecule has 118 valence electrons. The standard InChI is InChI=1S/C16H24F2N2O/c1-12(19-10-13-6-5-9-20(2)11-13)14-7-3-4-8-15(14)21-16(17)18/h3-4,7-8,12-13,16,19H,5-6,9-11H2,1-2H3. The minimum absolute atomic E-state index is 0.00724. The lowest BCUT2D eigenvalue weighted by Gasteiger charge is -2.30. The van der Waals surface area contributed by atoms with E-state index in [1.807, 2.05) is 19.1 Å². The molecule has 1 aliphatic rings. The molecule has 0 aromatic heterocycles. The van der Waals surface area contributed by atoms with Crippen LogP contribution in [-0.4, -0.2) is 38.2 Å². The van der Waals surface area contributed by atoms with Gasteiger partial charge in [-0.2, -0.15) is 8.78 Å². The SMILES string of the molecule is CC(NCC1CCCN(C)C1)c1ccccc1OC(F)F. The Morgan fingerprint density at radius 2 is 2.14 bits per heavy atom. The van der Waals surface area contributed by atoms with Gasteiger partial charge in [-0.05, 0) is 51.9 Å². The largest absolute Gasteiger partial charge is 0.434 e. The molecule has 1 aliphatic heterocycles. The monoisotopic (exact) mass is 298 g/mol. The van der Waals surface area contributed by atoms with Crippen LogP contribution in [0.3, 0.4) is 0 Å². The summed E-state index contributed by atoms with van der Waals surface area (Å²) in [6.45, 7) is 2.35. The quantitative estimate of drug-likeness (QED) is 0.872. The van der Waals surface area contributed by atoms with Gasteiger partial charge in [0.2, 0.25) is 0 Å². The van der Waals surface area contributed by atoms with E-state index < -0.39 is 6.61 Å². The fourth-order valence-corrected chi connectivity index (χ4v) is 2.93. The summed E-state index contributed by atoms with van der Waals surface area (Å²) in [7, 11) is 2.14. The van der Waals surface area contributed by atoms with Crippen LogP contribution in [0.2, 0.25) is 0 Å². The second kappa shape index (κ2) is 7.71. The third-order valence-electron chi connectivity index (χ3n) is 4.04. The van der Waals surface area contributed by atoms with Crippen LogP contribution in [0.5, 0.6) is 5.75 Å². The van der Waals surface area contributed by atoms with Gasteiger partial charge in [0.1, 0.15) is 5.75 Å². The molecule has 1 aromatic rings. The van der Waals surface area contributed by atoms with E-state index in [0.717, 1.165) is 25.2 Å². The van der Waals surface area contributed by atoms with Gasteiger partial charge in [-0.3, -0.25) is 0 Å². The van der Waals surface area contributed by atoms with E-state index in [4.69, 9.17) is 0 Å². The van der Waals surface area contributed by atoms with Crippen LogP contribution in [0.1, 0.15) is 31.4 Å². The van der Waals surface area contributed by atoms with E-state index in [0.29, 0.717) is 5.92 Å². The van der Waals surface area contributed by atoms with Gasteiger partial charge in [0.05, 0.1) is 0 Å². The topological polar surface area (TPSA) is 24.5 Å². The number of benzene rings is 1. The van der Waals surface area contributed by atoms with E-state index in [1.54, 1.807) is 12.1 Å². The molecule has 0 radical (unpaired) electrons. The van der Waals surface area contributed by atoms with Crippen molar-refractivity contribution in [3.63, 3.8) is 0 Å². The first-order chi connectivity index (χ1) is 10.1. The fraction of sp³-hybridized carbons (Fsp3) is 0.625. The van der Waals surface area contributed by atoms with Crippen LogP contribution in [-0.2, 0) is 0 Å². The van der Waals surface area contributed by atoms with Crippen molar-refractivity contribution in [2.45, 2.75) is 32.4 Å². The average Bonchev–Trinajstić information content (AvgIpc) is 2.45. The number of alkyl halides is 2. The Morgan fingerprint density at radius 3 is 2.86 bits per heavy atom. The van der Waals surface area contributed by atoms with Crippen LogP contribution in [0, 0.1) is 5.92 Å². The Labute approximate surface area is 125 Å². The van der Waals surface area contributed by atoms with Crippen molar-refractivity contribution in [2.24, 2.45) is 5.92 Å². The zero-order valence-electron chi connectivity index (χ0n) is 12.7. The molecule has 1 fully saturated rings. The maximum atomic E-state index is 12.4. The molecule has 3 nitrogen and oxygen atoms in total. The highest BCUT2D eigenvalue weighted by Crippen LogP contribution is 2.26. The highest BCUT2D eigenvalue weighted by Gasteiger charge is 2.19. The molecule has 1 N–H and O–H groups in total. The van der Waals surface area contributed by atoms with Gasteiger partial charge in [0.25, 0.3) is 0 Å². The molecule has 21 heavy (non-hydrogen) atoms. The van der Waals surface area contributed by atoms with Gasteiger partial charge in [0, 0.05) is 18.2 Å². The number of ether oxygens (including phenoxy) is 1. The minimum atomic E-state index is -2.79. The van der Waals surface area contributed by atoms with Crippen molar-refractivity contribution < 1.29 is 13.5 Å². The lowest BCUT2D eigenvalue weighted by molar-refractivity contribution is -0.0506. The van der Waals surface area contributed by atoms with Gasteiger partial charge < -0.3 is 15.0 Å². The summed E-state index contributed by atoms with van der Waals surface area (Å²) >= 11 is 0. The molecule has 0 amide bonds. The number of nitrogens with one attached hydrogen (secondary N) is 1. The number of hydrogen-bond donors (Lipinski definition) is 1. The van der Waals surface area contributed by atoms with Gasteiger partial charge in [-0.1, -0.05) is 18.2 Å². The van der Waals surface area contributed by atoms with Gasteiger partial charge in [-0.25, -0.2) is 0 Å². The molecule has 0 saturated carbocycles. The molecule has 0 aliphatic carbocycles. The zero-order valence-corrected chi connectivity index (χ0v) is 12.7. The highest BCUT2D eigenvalue weighted by molar-refractivity contribution is 5.35. The molecule has 1 aromatic carbocycles. The number of halogens is 2. The predicted molar refractivity (Wildman–Crippen MR) is 79.7 cm³/mol. The molecule has 2 atom stereocenters. The second-order valence-electron chi connectivity index (χ2n) is 5.82. The molecule has 0 bridgehead atoms. The van der Waals surface area contributed by atoms with E-state index in [9.17, 15) is 8.78 Å². The van der Waals surface area contributed by atoms with Crippen LogP contribution >= 0.6 is 0 Å². The minimum Gasteiger partial charge on any atom is -0.434 e. The molecule has 5 heteroatoms. The number of likely N-dealkylation sites (tertiary alicyclic amines) is 1. The number of rotatable bonds is 6. The molecule has 2 rings (SSSR count). The third-order valence-corrected chi connectivity index (χ3v) is 4.04. The van der Waals surface area contributed by atoms with Crippen LogP contribution < -0.4 is 10.1 Å². The zero-order chi connectivity index (χ0) is 15.2. The van der Waals surface area contributed by atoms with Crippen LogP contribution in [0.4, 0.5) is 8.78 Å². The molecule has 1 heterocycles. The first-order valence-corrected chi connectivity index (χ1v) is 7.52. The number of nitrogens with zero attached hydrogens (tertiary/aromatic N) is 1. The van der Waals surface area contributed by atoms with Crippen molar-refractivity contribution in [2.75, 3.05) is 26.7 Å². The first kappa shape index (κ1) is 16.2. The predicted octanol–water partition coefficient (Wildman–Crippen LogP) is 3.28. The maximum Gasteiger partial charge on any atom is 0.387 e. The summed E-state index contributed by atoms with van der Waals surface area (Å²) in [6.07, 6.45) is 2.45. The number of para-hydroxylation sites is 1. The summed E-state index contributed by atoms with van der Waals surface area (Å²) in [5.41, 5.74) is 0.780. The van der Waals surface area contributed by atoms with E-state index in [-0.39, 0.29) is 11.8 Å². The summed E-state index contributed by atoms with van der Waals surface area (Å²) in [4.78, 5) is 2.34. The van der Waals surface area contributed by atoms with E-state index in [2.05, 4.69) is 22.0 Å². The Kier molecular flexibility index (Phi) is 5.94. The molecule has 1 saturated heterocycles. The normalized spacial score (nSPS) is 21.5. The van der Waals surface area contributed by atoms with Gasteiger partial charge in [-0.15, -0.1) is 0 Å². The van der Waals surface area contributed by atoms with Crippen molar-refractivity contribution in [1.29, 1.82) is 0 Å². The second-order valence-corrected chi connectivity index (χ2v) is 5.82. The number of piperidine rings is 1. The van der Waals surface area contributed by atoms with Crippen molar-refractivity contribution in [3.8, 4) is 5.75 Å². The Morgan fingerprint density at radius 1 is 1.38 bits per heavy atom. The summed E-state index contributed by atoms with van der Waals surface area (Å²) < 4.78 is 29.5. The Balaban J connectivity index is 1.92. The highest BCUT2D eigenvalue weighted by atomic mass is 19.3. The Hall–Kier alpha value is -1.20. The molecular formula is C16H24F2N2O. The maximum absolute atomic E-state index is 12.4. The van der Waals surface area contributed by atoms with Crippen LogP contribution in [0.15, 0.2) is 24.3 Å². The summed E-state index contributed by atoms with van der Waals surface area (Å²) in [5, 5.41) is 3.45. The molecule has 0 spiro atoms. The third kappa shape index (κ3) is 4.93. The molecular weight excluding hydrogens is 274 g/mol. The van der Waals surface area contributed by atoms with Crippen molar-refractivity contribution in [3.05, 3.63) is 29.8 Å². The fourth-order valence-electron chi connectivity index (χ4n) is 2.93. The summed E-state index contributed by atoms with van der Waals surface area (Å²) in [5.74, 6) is 0.877. The molecule has 2 unspecified atom stereocenters. The van der Waals surface area contributed by atoms with Gasteiger partial charge >= 0.3 is 6.61 Å². The van der Waals surface area contributed by atoms with Crippen molar-refractivity contribution >= 4 is 0 Å². The van der Waals surface area contributed by atoms with Crippen LogP contribution in [0.25, 0.3) is 0 Å². The number of hydrogen-bond acceptors (Lipinski definition) is 3.